The SMILES string of the molecule is CCOc1c(/C(C)=C/C(=O)NCCC(C)C)cc2c(-c3ccc(C)cc3C)coc2c1C. The summed E-state index contributed by atoms with van der Waals surface area (Å²) in [6.45, 7) is 15.7. The van der Waals surface area contributed by atoms with Gasteiger partial charge in [-0.3, -0.25) is 4.79 Å². The van der Waals surface area contributed by atoms with Gasteiger partial charge in [-0.15, -0.1) is 0 Å². The second-order valence-electron chi connectivity index (χ2n) is 8.96. The molecule has 1 heterocycles. The van der Waals surface area contributed by atoms with E-state index in [0.717, 1.165) is 51.0 Å². The monoisotopic (exact) mass is 433 g/mol. The number of ether oxygens (including phenoxy) is 1. The van der Waals surface area contributed by atoms with E-state index in [2.05, 4.69) is 57.3 Å². The number of carbonyl (C=O) groups excluding carboxylic acids is 1. The molecule has 4 heteroatoms. The van der Waals surface area contributed by atoms with Gasteiger partial charge in [-0.25, -0.2) is 0 Å². The number of aryl methyl sites for hydroxylation is 3. The molecule has 3 rings (SSSR count). The van der Waals surface area contributed by atoms with Crippen LogP contribution in [0.25, 0.3) is 27.7 Å². The van der Waals surface area contributed by atoms with Crippen molar-refractivity contribution in [2.24, 2.45) is 5.92 Å². The zero-order valence-corrected chi connectivity index (χ0v) is 20.4. The van der Waals surface area contributed by atoms with Crippen molar-refractivity contribution in [2.75, 3.05) is 13.2 Å². The minimum atomic E-state index is -0.0786. The van der Waals surface area contributed by atoms with E-state index in [1.165, 1.54) is 11.1 Å². The lowest BCUT2D eigenvalue weighted by Crippen LogP contribution is -2.23. The lowest BCUT2D eigenvalue weighted by molar-refractivity contribution is -0.116. The Labute approximate surface area is 191 Å². The van der Waals surface area contributed by atoms with Crippen LogP contribution in [0.3, 0.4) is 0 Å². The molecule has 2 aromatic carbocycles. The fourth-order valence-electron chi connectivity index (χ4n) is 4.07. The third kappa shape index (κ3) is 5.07. The van der Waals surface area contributed by atoms with Crippen molar-refractivity contribution >= 4 is 22.4 Å². The first-order valence-corrected chi connectivity index (χ1v) is 11.4. The Morgan fingerprint density at radius 2 is 1.91 bits per heavy atom. The van der Waals surface area contributed by atoms with E-state index in [9.17, 15) is 4.79 Å². The lowest BCUT2D eigenvalue weighted by Gasteiger charge is -2.15. The third-order valence-electron chi connectivity index (χ3n) is 5.80. The van der Waals surface area contributed by atoms with Gasteiger partial charge in [0.25, 0.3) is 0 Å². The van der Waals surface area contributed by atoms with E-state index in [0.29, 0.717) is 19.1 Å². The summed E-state index contributed by atoms with van der Waals surface area (Å²) in [5.41, 5.74) is 8.20. The van der Waals surface area contributed by atoms with Crippen molar-refractivity contribution in [3.05, 3.63) is 58.9 Å². The Hall–Kier alpha value is -3.01. The molecule has 0 radical (unpaired) electrons. The van der Waals surface area contributed by atoms with Crippen LogP contribution in [0.1, 0.15) is 56.4 Å². The van der Waals surface area contributed by atoms with E-state index in [-0.39, 0.29) is 5.91 Å². The van der Waals surface area contributed by atoms with Crippen LogP contribution < -0.4 is 10.1 Å². The fraction of sp³-hybridized carbons (Fsp3) is 0.393. The molecule has 0 atom stereocenters. The van der Waals surface area contributed by atoms with Gasteiger partial charge in [0.15, 0.2) is 0 Å². The summed E-state index contributed by atoms with van der Waals surface area (Å²) in [5.74, 6) is 1.25. The molecular formula is C28H35NO3. The first-order valence-electron chi connectivity index (χ1n) is 11.4. The Morgan fingerprint density at radius 1 is 1.16 bits per heavy atom. The zero-order chi connectivity index (χ0) is 23.4. The quantitative estimate of drug-likeness (QED) is 0.390. The number of benzene rings is 2. The molecule has 0 fully saturated rings. The second-order valence-corrected chi connectivity index (χ2v) is 8.96. The van der Waals surface area contributed by atoms with Crippen molar-refractivity contribution in [3.8, 4) is 16.9 Å². The average Bonchev–Trinajstić information content (AvgIpc) is 3.13. The summed E-state index contributed by atoms with van der Waals surface area (Å²) in [6, 6.07) is 8.54. The van der Waals surface area contributed by atoms with Gasteiger partial charge in [0.1, 0.15) is 11.3 Å². The number of nitrogens with one attached hydrogen (secondary N) is 1. The molecular weight excluding hydrogens is 398 g/mol. The maximum absolute atomic E-state index is 12.5. The Balaban J connectivity index is 2.09. The van der Waals surface area contributed by atoms with Crippen LogP contribution >= 0.6 is 0 Å². The van der Waals surface area contributed by atoms with Gasteiger partial charge in [0.2, 0.25) is 5.91 Å². The molecule has 0 unspecified atom stereocenters. The Bertz CT molecular complexity index is 1150. The normalized spacial score (nSPS) is 11.9. The number of amides is 1. The summed E-state index contributed by atoms with van der Waals surface area (Å²) < 4.78 is 12.0. The van der Waals surface area contributed by atoms with Crippen molar-refractivity contribution in [1.29, 1.82) is 0 Å². The predicted molar refractivity (Wildman–Crippen MR) is 133 cm³/mol. The summed E-state index contributed by atoms with van der Waals surface area (Å²) in [6.07, 6.45) is 4.45. The molecule has 1 N–H and O–H groups in total. The van der Waals surface area contributed by atoms with Crippen LogP contribution in [0.5, 0.6) is 5.75 Å². The number of fused-ring (bicyclic) bond motifs is 1. The molecule has 0 spiro atoms. The molecule has 0 bridgehead atoms. The van der Waals surface area contributed by atoms with Crippen molar-refractivity contribution in [3.63, 3.8) is 0 Å². The number of rotatable bonds is 8. The van der Waals surface area contributed by atoms with Crippen molar-refractivity contribution in [1.82, 2.24) is 5.32 Å². The van der Waals surface area contributed by atoms with Crippen LogP contribution in [0.4, 0.5) is 0 Å². The van der Waals surface area contributed by atoms with Gasteiger partial charge < -0.3 is 14.5 Å². The maximum atomic E-state index is 12.5. The van der Waals surface area contributed by atoms with E-state index in [4.69, 9.17) is 9.15 Å². The molecule has 4 nitrogen and oxygen atoms in total. The van der Waals surface area contributed by atoms with Crippen LogP contribution in [0.15, 0.2) is 41.0 Å². The standard InChI is InChI=1S/C28H35NO3/c1-8-31-27-21(7)28-24(25(16-32-28)22-10-9-18(4)13-19(22)5)15-23(27)20(6)14-26(30)29-12-11-17(2)3/h9-10,13-17H,8,11-12H2,1-7H3,(H,29,30)/b20-14+. The summed E-state index contributed by atoms with van der Waals surface area (Å²) >= 11 is 0. The van der Waals surface area contributed by atoms with Crippen LogP contribution in [-0.4, -0.2) is 19.1 Å². The number of carbonyl (C=O) groups is 1. The summed E-state index contributed by atoms with van der Waals surface area (Å²) in [4.78, 5) is 12.5. The number of hydrogen-bond acceptors (Lipinski definition) is 3. The predicted octanol–water partition coefficient (Wildman–Crippen LogP) is 6.99. The molecule has 0 saturated carbocycles. The Morgan fingerprint density at radius 3 is 2.56 bits per heavy atom. The fourth-order valence-corrected chi connectivity index (χ4v) is 4.07. The van der Waals surface area contributed by atoms with Crippen molar-refractivity contribution < 1.29 is 13.9 Å². The molecule has 0 aliphatic heterocycles. The highest BCUT2D eigenvalue weighted by atomic mass is 16.5. The van der Waals surface area contributed by atoms with Gasteiger partial charge in [-0.05, 0) is 69.7 Å². The topological polar surface area (TPSA) is 51.5 Å². The summed E-state index contributed by atoms with van der Waals surface area (Å²) in [5, 5.41) is 4.02. The third-order valence-corrected chi connectivity index (χ3v) is 5.80. The second kappa shape index (κ2) is 10.1. The molecule has 32 heavy (non-hydrogen) atoms. The molecule has 170 valence electrons. The first-order chi connectivity index (χ1) is 15.2. The lowest BCUT2D eigenvalue weighted by atomic mass is 9.94. The molecule has 1 aromatic heterocycles. The smallest absolute Gasteiger partial charge is 0.244 e. The minimum Gasteiger partial charge on any atom is -0.493 e. The average molecular weight is 434 g/mol. The highest BCUT2D eigenvalue weighted by Crippen LogP contribution is 2.41. The van der Waals surface area contributed by atoms with Gasteiger partial charge in [-0.1, -0.05) is 37.6 Å². The van der Waals surface area contributed by atoms with E-state index in [1.54, 1.807) is 6.08 Å². The van der Waals surface area contributed by atoms with Gasteiger partial charge in [0, 0.05) is 34.7 Å². The zero-order valence-electron chi connectivity index (χ0n) is 20.4. The molecule has 1 amide bonds. The van der Waals surface area contributed by atoms with Gasteiger partial charge in [-0.2, -0.15) is 0 Å². The van der Waals surface area contributed by atoms with Crippen LogP contribution in [0.2, 0.25) is 0 Å². The maximum Gasteiger partial charge on any atom is 0.244 e. The van der Waals surface area contributed by atoms with Crippen LogP contribution in [-0.2, 0) is 4.79 Å². The van der Waals surface area contributed by atoms with Crippen LogP contribution in [0, 0.1) is 26.7 Å². The van der Waals surface area contributed by atoms with Gasteiger partial charge in [0.05, 0.1) is 12.9 Å². The molecule has 0 aliphatic rings. The molecule has 3 aromatic rings. The van der Waals surface area contributed by atoms with Crippen molar-refractivity contribution in [2.45, 2.75) is 54.9 Å². The molecule has 0 aliphatic carbocycles. The van der Waals surface area contributed by atoms with Gasteiger partial charge >= 0.3 is 0 Å². The largest absolute Gasteiger partial charge is 0.493 e. The highest BCUT2D eigenvalue weighted by Gasteiger charge is 2.20. The number of furan rings is 1. The first kappa shape index (κ1) is 23.6. The minimum absolute atomic E-state index is 0.0786. The van der Waals surface area contributed by atoms with E-state index in [1.807, 2.05) is 27.0 Å². The summed E-state index contributed by atoms with van der Waals surface area (Å²) in [7, 11) is 0. The Kier molecular flexibility index (Phi) is 7.44. The number of hydrogen-bond donors (Lipinski definition) is 1. The van der Waals surface area contributed by atoms with E-state index >= 15 is 0 Å². The molecule has 0 saturated heterocycles. The highest BCUT2D eigenvalue weighted by molar-refractivity contribution is 6.02. The van der Waals surface area contributed by atoms with E-state index < -0.39 is 0 Å². The number of allylic oxidation sites excluding steroid dienone is 1.